The van der Waals surface area contributed by atoms with Crippen molar-refractivity contribution >= 4 is 12.0 Å². The van der Waals surface area contributed by atoms with Gasteiger partial charge in [-0.25, -0.2) is 9.86 Å². The second kappa shape index (κ2) is 6.55. The van der Waals surface area contributed by atoms with Gasteiger partial charge in [-0.15, -0.1) is 0 Å². The molecule has 7 nitrogen and oxygen atoms in total. The number of nitrogens with zero attached hydrogens (tertiary/aromatic N) is 1. The second-order valence-corrected chi connectivity index (χ2v) is 4.88. The quantitative estimate of drug-likeness (QED) is 0.717. The Hall–Kier alpha value is -1.34. The maximum absolute atomic E-state index is 11.9. The molecule has 0 radical (unpaired) electrons. The minimum absolute atomic E-state index is 0.482. The van der Waals surface area contributed by atoms with Crippen LogP contribution in [0.3, 0.4) is 0 Å². The minimum Gasteiger partial charge on any atom is -0.465 e. The SMILES string of the molecule is CON(C)C(=O)[C@@H](NC(=O)O)[C@@H](C)OC(C)(C)C. The summed E-state index contributed by atoms with van der Waals surface area (Å²) in [5.74, 6) is -0.517. The van der Waals surface area contributed by atoms with Crippen LogP contribution in [0.5, 0.6) is 0 Å². The third-order valence-corrected chi connectivity index (χ3v) is 2.14. The summed E-state index contributed by atoms with van der Waals surface area (Å²) in [7, 11) is 2.73. The van der Waals surface area contributed by atoms with Crippen molar-refractivity contribution in [3.8, 4) is 0 Å². The first-order valence-corrected chi connectivity index (χ1v) is 5.57. The third kappa shape index (κ3) is 5.83. The Kier molecular flexibility index (Phi) is 6.07. The van der Waals surface area contributed by atoms with Crippen LogP contribution in [-0.4, -0.2) is 54.1 Å². The van der Waals surface area contributed by atoms with Crippen molar-refractivity contribution in [3.05, 3.63) is 0 Å². The molecule has 0 spiro atoms. The molecule has 106 valence electrons. The first-order valence-electron chi connectivity index (χ1n) is 5.57. The highest BCUT2D eigenvalue weighted by Gasteiger charge is 2.32. The van der Waals surface area contributed by atoms with Crippen molar-refractivity contribution in [3.63, 3.8) is 0 Å². The van der Waals surface area contributed by atoms with Crippen molar-refractivity contribution in [2.24, 2.45) is 0 Å². The summed E-state index contributed by atoms with van der Waals surface area (Å²) < 4.78 is 5.59. The van der Waals surface area contributed by atoms with Crippen LogP contribution in [-0.2, 0) is 14.4 Å². The maximum atomic E-state index is 11.9. The zero-order chi connectivity index (χ0) is 14.5. The Morgan fingerprint density at radius 2 is 1.83 bits per heavy atom. The molecule has 2 atom stereocenters. The number of carbonyl (C=O) groups is 2. The second-order valence-electron chi connectivity index (χ2n) is 4.88. The zero-order valence-electron chi connectivity index (χ0n) is 11.7. The number of carbonyl (C=O) groups excluding carboxylic acids is 1. The van der Waals surface area contributed by atoms with E-state index in [0.29, 0.717) is 0 Å². The molecule has 0 unspecified atom stereocenters. The Labute approximate surface area is 107 Å². The minimum atomic E-state index is -1.29. The van der Waals surface area contributed by atoms with E-state index in [1.807, 2.05) is 20.8 Å². The lowest BCUT2D eigenvalue weighted by Gasteiger charge is -2.31. The van der Waals surface area contributed by atoms with Gasteiger partial charge in [-0.1, -0.05) is 0 Å². The Bertz CT molecular complexity index is 300. The number of hydrogen-bond donors (Lipinski definition) is 2. The van der Waals surface area contributed by atoms with Crippen LogP contribution in [0.1, 0.15) is 27.7 Å². The predicted molar refractivity (Wildman–Crippen MR) is 65.0 cm³/mol. The van der Waals surface area contributed by atoms with E-state index in [0.717, 1.165) is 5.06 Å². The lowest BCUT2D eigenvalue weighted by atomic mass is 10.1. The van der Waals surface area contributed by atoms with E-state index in [-0.39, 0.29) is 0 Å². The predicted octanol–water partition coefficient (Wildman–Crippen LogP) is 0.846. The fraction of sp³-hybridized carbons (Fsp3) is 0.818. The molecule has 0 fully saturated rings. The highest BCUT2D eigenvalue weighted by molar-refractivity contribution is 5.85. The van der Waals surface area contributed by atoms with Gasteiger partial charge in [-0.05, 0) is 27.7 Å². The molecule has 0 aromatic heterocycles. The molecule has 0 saturated carbocycles. The molecule has 0 heterocycles. The number of hydrogen-bond acceptors (Lipinski definition) is 4. The normalized spacial score (nSPS) is 14.8. The number of nitrogens with one attached hydrogen (secondary N) is 1. The van der Waals surface area contributed by atoms with E-state index >= 15 is 0 Å². The van der Waals surface area contributed by atoms with Gasteiger partial charge in [-0.3, -0.25) is 9.63 Å². The number of likely N-dealkylation sites (N-methyl/N-ethyl adjacent to an activating group) is 1. The number of hydroxylamine groups is 2. The molecule has 2 N–H and O–H groups in total. The molecule has 0 bridgehead atoms. The summed E-state index contributed by atoms with van der Waals surface area (Å²) in [6.07, 6.45) is -1.91. The van der Waals surface area contributed by atoms with Crippen LogP contribution in [0, 0.1) is 0 Å². The van der Waals surface area contributed by atoms with Crippen molar-refractivity contribution < 1.29 is 24.3 Å². The van der Waals surface area contributed by atoms with Gasteiger partial charge < -0.3 is 15.2 Å². The van der Waals surface area contributed by atoms with Gasteiger partial charge in [-0.2, -0.15) is 0 Å². The van der Waals surface area contributed by atoms with E-state index in [2.05, 4.69) is 5.32 Å². The van der Waals surface area contributed by atoms with Crippen LogP contribution in [0.15, 0.2) is 0 Å². The number of ether oxygens (including phenoxy) is 1. The number of rotatable bonds is 5. The van der Waals surface area contributed by atoms with Gasteiger partial charge in [0.2, 0.25) is 0 Å². The van der Waals surface area contributed by atoms with Gasteiger partial charge >= 0.3 is 6.09 Å². The standard InChI is InChI=1S/C11H22N2O5/c1-7(18-11(2,3)4)8(12-10(15)16)9(14)13(5)17-6/h7-8,12H,1-6H3,(H,15,16)/t7-,8+/m1/s1. The molecule has 0 aliphatic carbocycles. The van der Waals surface area contributed by atoms with Crippen LogP contribution < -0.4 is 5.32 Å². The topological polar surface area (TPSA) is 88.1 Å². The Morgan fingerprint density at radius 1 is 1.33 bits per heavy atom. The molecular weight excluding hydrogens is 240 g/mol. The maximum Gasteiger partial charge on any atom is 0.405 e. The molecule has 0 saturated heterocycles. The lowest BCUT2D eigenvalue weighted by Crippen LogP contribution is -2.54. The van der Waals surface area contributed by atoms with E-state index in [9.17, 15) is 9.59 Å². The van der Waals surface area contributed by atoms with E-state index < -0.39 is 29.7 Å². The van der Waals surface area contributed by atoms with E-state index in [4.69, 9.17) is 14.7 Å². The first kappa shape index (κ1) is 16.7. The van der Waals surface area contributed by atoms with Crippen LogP contribution >= 0.6 is 0 Å². The molecule has 0 aliphatic rings. The largest absolute Gasteiger partial charge is 0.465 e. The smallest absolute Gasteiger partial charge is 0.405 e. The fourth-order valence-corrected chi connectivity index (χ4v) is 1.42. The summed E-state index contributed by atoms with van der Waals surface area (Å²) >= 11 is 0. The average molecular weight is 262 g/mol. The summed E-state index contributed by atoms with van der Waals surface area (Å²) in [4.78, 5) is 27.4. The van der Waals surface area contributed by atoms with Gasteiger partial charge in [0.25, 0.3) is 5.91 Å². The molecule has 0 aliphatic heterocycles. The van der Waals surface area contributed by atoms with Crippen molar-refractivity contribution in [2.75, 3.05) is 14.2 Å². The Morgan fingerprint density at radius 3 is 2.17 bits per heavy atom. The van der Waals surface area contributed by atoms with Crippen LogP contribution in [0.4, 0.5) is 4.79 Å². The molecule has 7 heteroatoms. The fourth-order valence-electron chi connectivity index (χ4n) is 1.42. The average Bonchev–Trinajstić information content (AvgIpc) is 2.20. The molecule has 0 aromatic rings. The molecule has 18 heavy (non-hydrogen) atoms. The summed E-state index contributed by atoms with van der Waals surface area (Å²) in [6, 6.07) is -1.02. The van der Waals surface area contributed by atoms with Crippen molar-refractivity contribution in [2.45, 2.75) is 45.4 Å². The summed E-state index contributed by atoms with van der Waals surface area (Å²) in [6.45, 7) is 7.11. The first-order chi connectivity index (χ1) is 8.08. The summed E-state index contributed by atoms with van der Waals surface area (Å²) in [5, 5.41) is 11.9. The van der Waals surface area contributed by atoms with Crippen molar-refractivity contribution in [1.29, 1.82) is 0 Å². The van der Waals surface area contributed by atoms with E-state index in [1.165, 1.54) is 14.2 Å². The molecule has 2 amide bonds. The van der Waals surface area contributed by atoms with Crippen LogP contribution in [0.25, 0.3) is 0 Å². The number of carboxylic acid groups (broad SMARTS) is 1. The van der Waals surface area contributed by atoms with Crippen molar-refractivity contribution in [1.82, 2.24) is 10.4 Å². The highest BCUT2D eigenvalue weighted by Crippen LogP contribution is 2.14. The molecular formula is C11H22N2O5. The van der Waals surface area contributed by atoms with Crippen LogP contribution in [0.2, 0.25) is 0 Å². The Balaban J connectivity index is 4.87. The zero-order valence-corrected chi connectivity index (χ0v) is 11.7. The van der Waals surface area contributed by atoms with Gasteiger partial charge in [0.1, 0.15) is 6.04 Å². The highest BCUT2D eigenvalue weighted by atomic mass is 16.7. The van der Waals surface area contributed by atoms with Gasteiger partial charge in [0, 0.05) is 7.05 Å². The van der Waals surface area contributed by atoms with E-state index in [1.54, 1.807) is 6.92 Å². The van der Waals surface area contributed by atoms with Gasteiger partial charge in [0.15, 0.2) is 0 Å². The molecule has 0 aromatic carbocycles. The van der Waals surface area contributed by atoms with Gasteiger partial charge in [0.05, 0.1) is 18.8 Å². The monoisotopic (exact) mass is 262 g/mol. The molecule has 0 rings (SSSR count). The third-order valence-electron chi connectivity index (χ3n) is 2.14. The summed E-state index contributed by atoms with van der Waals surface area (Å²) in [5.41, 5.74) is -0.482. The number of amides is 2. The lowest BCUT2D eigenvalue weighted by molar-refractivity contribution is -0.176.